The zero-order valence-corrected chi connectivity index (χ0v) is 28.6. The Bertz CT molecular complexity index is 1580. The summed E-state index contributed by atoms with van der Waals surface area (Å²) in [6.07, 6.45) is -0.758. The number of hydrogen-bond donors (Lipinski definition) is 3. The molecule has 0 radical (unpaired) electrons. The van der Waals surface area contributed by atoms with Gasteiger partial charge in [0, 0.05) is 47.2 Å². The molecule has 0 bridgehead atoms. The molecule has 1 aliphatic heterocycles. The Morgan fingerprint density at radius 1 is 0.978 bits per heavy atom. The van der Waals surface area contributed by atoms with E-state index < -0.39 is 29.1 Å². The van der Waals surface area contributed by atoms with Gasteiger partial charge in [0.2, 0.25) is 5.90 Å². The molecule has 0 saturated carbocycles. The van der Waals surface area contributed by atoms with Gasteiger partial charge in [-0.3, -0.25) is 15.0 Å². The van der Waals surface area contributed by atoms with Gasteiger partial charge >= 0.3 is 5.97 Å². The fraction of sp³-hybridized carbons (Fsp3) is 0.364. The second kappa shape index (κ2) is 15.7. The first-order valence-electron chi connectivity index (χ1n) is 14.6. The molecule has 1 amide bonds. The fourth-order valence-corrected chi connectivity index (χ4v) is 5.56. The number of amides is 1. The predicted octanol–water partition coefficient (Wildman–Crippen LogP) is 7.26. The van der Waals surface area contributed by atoms with Crippen LogP contribution in [-0.4, -0.2) is 47.2 Å². The van der Waals surface area contributed by atoms with Crippen LogP contribution < -0.4 is 15.6 Å². The van der Waals surface area contributed by atoms with Crippen LogP contribution in [0.25, 0.3) is 0 Å². The number of aliphatic imine (C=N–C) groups is 1. The van der Waals surface area contributed by atoms with Crippen molar-refractivity contribution in [2.45, 2.75) is 63.8 Å². The first kappa shape index (κ1) is 35.8. The van der Waals surface area contributed by atoms with Crippen molar-refractivity contribution in [3.63, 3.8) is 0 Å². The molecule has 2 atom stereocenters. The molecule has 0 unspecified atom stereocenters. The molecule has 1 aliphatic rings. The maximum Gasteiger partial charge on any atom is 0.306 e. The van der Waals surface area contributed by atoms with Crippen LogP contribution >= 0.6 is 46.4 Å². The number of benzene rings is 3. The molecule has 3 aromatic rings. The Labute approximate surface area is 288 Å². The highest BCUT2D eigenvalue weighted by atomic mass is 35.5. The summed E-state index contributed by atoms with van der Waals surface area (Å²) in [4.78, 5) is 32.0. The van der Waals surface area contributed by atoms with Crippen molar-refractivity contribution in [1.29, 1.82) is 0 Å². The van der Waals surface area contributed by atoms with E-state index in [0.717, 1.165) is 5.56 Å². The maximum atomic E-state index is 14.2. The van der Waals surface area contributed by atoms with Crippen LogP contribution in [0.3, 0.4) is 0 Å². The molecule has 13 heteroatoms. The minimum Gasteiger partial charge on any atom is -0.494 e. The Morgan fingerprint density at radius 2 is 1.72 bits per heavy atom. The van der Waals surface area contributed by atoms with Crippen molar-refractivity contribution in [2.24, 2.45) is 4.99 Å². The van der Waals surface area contributed by atoms with Crippen molar-refractivity contribution < 1.29 is 28.9 Å². The molecule has 3 aromatic carbocycles. The number of ether oxygens (including phenoxy) is 3. The topological polar surface area (TPSA) is 118 Å². The average molecular weight is 711 g/mol. The van der Waals surface area contributed by atoms with E-state index in [1.807, 2.05) is 0 Å². The third-order valence-corrected chi connectivity index (χ3v) is 8.19. The minimum atomic E-state index is -1.66. The van der Waals surface area contributed by atoms with Gasteiger partial charge in [0.05, 0.1) is 16.7 Å². The SMILES string of the molecule is CC(C)(C)OC(=O)CC[C@]1(C(=O)NNCc2ccc(Cl)c(Cl)c2)N=C(c2ccc(OCCCO)cc2)O[C@H]1c1ccc(Cl)cc1Cl. The number of carbonyl (C=O) groups excluding carboxylic acids is 2. The maximum absolute atomic E-state index is 14.2. The van der Waals surface area contributed by atoms with Crippen molar-refractivity contribution in [3.8, 4) is 5.75 Å². The largest absolute Gasteiger partial charge is 0.494 e. The summed E-state index contributed by atoms with van der Waals surface area (Å²) in [5, 5.41) is 10.5. The first-order chi connectivity index (χ1) is 21.8. The molecule has 1 heterocycles. The molecule has 46 heavy (non-hydrogen) atoms. The van der Waals surface area contributed by atoms with Crippen LogP contribution in [0.4, 0.5) is 0 Å². The lowest BCUT2D eigenvalue weighted by Gasteiger charge is -2.31. The van der Waals surface area contributed by atoms with E-state index in [0.29, 0.717) is 45.0 Å². The number of hydrogen-bond acceptors (Lipinski definition) is 8. The smallest absolute Gasteiger partial charge is 0.306 e. The number of aliphatic hydroxyl groups excluding tert-OH is 1. The Hall–Kier alpha value is -3.05. The monoisotopic (exact) mass is 709 g/mol. The van der Waals surface area contributed by atoms with E-state index in [2.05, 4.69) is 10.9 Å². The summed E-state index contributed by atoms with van der Waals surface area (Å²) in [5.74, 6) is -0.307. The van der Waals surface area contributed by atoms with E-state index in [9.17, 15) is 9.59 Å². The second-order valence-corrected chi connectivity index (χ2v) is 13.3. The number of rotatable bonds is 13. The van der Waals surface area contributed by atoms with Crippen LogP contribution in [0.15, 0.2) is 65.7 Å². The lowest BCUT2D eigenvalue weighted by atomic mass is 9.83. The van der Waals surface area contributed by atoms with Crippen molar-refractivity contribution in [1.82, 2.24) is 10.9 Å². The van der Waals surface area contributed by atoms with Crippen molar-refractivity contribution >= 4 is 64.2 Å². The number of halogens is 4. The Kier molecular flexibility index (Phi) is 12.2. The quantitative estimate of drug-likeness (QED) is 0.0971. The number of nitrogens with zero attached hydrogens (tertiary/aromatic N) is 1. The van der Waals surface area contributed by atoms with E-state index in [4.69, 9.17) is 70.7 Å². The molecular formula is C33H35Cl4N3O6. The Morgan fingerprint density at radius 3 is 2.37 bits per heavy atom. The van der Waals surface area contributed by atoms with E-state index in [-0.39, 0.29) is 36.9 Å². The second-order valence-electron chi connectivity index (χ2n) is 11.6. The number of carbonyl (C=O) groups is 2. The molecule has 4 rings (SSSR count). The predicted molar refractivity (Wildman–Crippen MR) is 180 cm³/mol. The Balaban J connectivity index is 1.71. The van der Waals surface area contributed by atoms with Gasteiger partial charge in [-0.1, -0.05) is 58.5 Å². The third-order valence-electron chi connectivity index (χ3n) is 6.88. The zero-order valence-electron chi connectivity index (χ0n) is 25.5. The minimum absolute atomic E-state index is 0.0210. The summed E-state index contributed by atoms with van der Waals surface area (Å²) in [6.45, 7) is 5.89. The van der Waals surface area contributed by atoms with E-state index in [1.165, 1.54) is 0 Å². The van der Waals surface area contributed by atoms with Crippen LogP contribution in [0, 0.1) is 0 Å². The van der Waals surface area contributed by atoms with E-state index >= 15 is 0 Å². The molecule has 0 aromatic heterocycles. The summed E-state index contributed by atoms with van der Waals surface area (Å²) < 4.78 is 17.6. The number of aliphatic hydroxyl groups is 1. The molecule has 0 spiro atoms. The third kappa shape index (κ3) is 9.27. The van der Waals surface area contributed by atoms with Crippen LogP contribution in [0.1, 0.15) is 62.8 Å². The van der Waals surface area contributed by atoms with Gasteiger partial charge in [0.1, 0.15) is 11.4 Å². The van der Waals surface area contributed by atoms with Crippen LogP contribution in [0.2, 0.25) is 20.1 Å². The summed E-state index contributed by atoms with van der Waals surface area (Å²) in [6, 6.07) is 17.0. The summed E-state index contributed by atoms with van der Waals surface area (Å²) in [7, 11) is 0. The van der Waals surface area contributed by atoms with Gasteiger partial charge in [0.25, 0.3) is 5.91 Å². The van der Waals surface area contributed by atoms with Gasteiger partial charge in [-0.05, 0) is 81.3 Å². The standard InChI is InChI=1S/C33H35Cl4N3O6/c1-32(2,3)46-28(42)13-14-33(31(43)40-38-19-20-5-12-25(35)27(37)17-20)29(24-11-8-22(34)18-26(24)36)45-30(39-33)21-6-9-23(10-7-21)44-16-4-15-41/h5-12,17-18,29,38,41H,4,13-16,19H2,1-3H3,(H,40,43)/t29-,33-/m0/s1. The molecule has 246 valence electrons. The molecular weight excluding hydrogens is 676 g/mol. The lowest BCUT2D eigenvalue weighted by molar-refractivity contribution is -0.155. The molecule has 3 N–H and O–H groups in total. The van der Waals surface area contributed by atoms with Gasteiger partial charge in [-0.25, -0.2) is 10.4 Å². The van der Waals surface area contributed by atoms with Gasteiger partial charge in [0.15, 0.2) is 11.6 Å². The highest BCUT2D eigenvalue weighted by Crippen LogP contribution is 2.45. The normalized spacial score (nSPS) is 17.7. The molecule has 0 fully saturated rings. The number of hydrazine groups is 1. The van der Waals surface area contributed by atoms with Gasteiger partial charge in [-0.2, -0.15) is 0 Å². The van der Waals surface area contributed by atoms with Crippen LogP contribution in [-0.2, 0) is 25.6 Å². The molecule has 9 nitrogen and oxygen atoms in total. The fourth-order valence-electron chi connectivity index (χ4n) is 4.73. The number of nitrogens with one attached hydrogen (secondary N) is 2. The summed E-state index contributed by atoms with van der Waals surface area (Å²) in [5.41, 5.74) is 5.08. The van der Waals surface area contributed by atoms with Gasteiger partial charge < -0.3 is 19.3 Å². The van der Waals surface area contributed by atoms with Crippen LogP contribution in [0.5, 0.6) is 5.75 Å². The summed E-state index contributed by atoms with van der Waals surface area (Å²) >= 11 is 25.1. The lowest BCUT2D eigenvalue weighted by Crippen LogP contribution is -2.52. The molecule has 0 saturated heterocycles. The van der Waals surface area contributed by atoms with Crippen molar-refractivity contribution in [3.05, 3.63) is 97.4 Å². The highest BCUT2D eigenvalue weighted by molar-refractivity contribution is 6.42. The van der Waals surface area contributed by atoms with Crippen molar-refractivity contribution in [2.75, 3.05) is 13.2 Å². The highest BCUT2D eigenvalue weighted by Gasteiger charge is 2.54. The molecule has 0 aliphatic carbocycles. The first-order valence-corrected chi connectivity index (χ1v) is 16.1. The average Bonchev–Trinajstić information content (AvgIpc) is 3.38. The van der Waals surface area contributed by atoms with E-state index in [1.54, 1.807) is 81.4 Å². The zero-order chi connectivity index (χ0) is 33.5. The number of esters is 1. The van der Waals surface area contributed by atoms with Gasteiger partial charge in [-0.15, -0.1) is 0 Å².